The molecule has 8 heteroatoms. The molecule has 0 aliphatic carbocycles. The molecule has 2 aliphatic heterocycles. The number of nitrogens with zero attached hydrogens (tertiary/aromatic N) is 3. The molecule has 166 valence electrons. The Kier molecular flexibility index (Phi) is 9.14. The Balaban J connectivity index is 0.000000735. The van der Waals surface area contributed by atoms with E-state index in [0.29, 0.717) is 23.0 Å². The minimum absolute atomic E-state index is 0.0656. The van der Waals surface area contributed by atoms with E-state index in [4.69, 9.17) is 16.4 Å². The number of allylic oxidation sites excluding steroid dienone is 1. The number of nitrogens with one attached hydrogen (secondary N) is 1. The van der Waals surface area contributed by atoms with E-state index < -0.39 is 0 Å². The van der Waals surface area contributed by atoms with Crippen LogP contribution in [0.15, 0.2) is 24.8 Å². The molecule has 0 radical (unpaired) electrons. The van der Waals surface area contributed by atoms with Crippen LogP contribution in [-0.4, -0.2) is 90.9 Å². The third-order valence-corrected chi connectivity index (χ3v) is 5.82. The molecule has 0 aromatic heterocycles. The van der Waals surface area contributed by atoms with Crippen molar-refractivity contribution < 1.29 is 14.7 Å². The first-order chi connectivity index (χ1) is 14.3. The SMILES string of the molecule is C=CC=O.CC(C)c1cc(NCC(=O)N2CCN(C3CN(C)C3)CC2)c(O)cc1Cl. The number of phenols is 1. The van der Waals surface area contributed by atoms with Gasteiger partial charge >= 0.3 is 0 Å². The van der Waals surface area contributed by atoms with Crippen molar-refractivity contribution in [2.24, 2.45) is 0 Å². The lowest BCUT2D eigenvalue weighted by Gasteiger charge is -2.46. The number of benzene rings is 1. The van der Waals surface area contributed by atoms with Crippen molar-refractivity contribution in [3.8, 4) is 5.75 Å². The highest BCUT2D eigenvalue weighted by Gasteiger charge is 2.32. The minimum atomic E-state index is 0.0656. The number of likely N-dealkylation sites (N-methyl/N-ethyl adjacent to an activating group) is 1. The summed E-state index contributed by atoms with van der Waals surface area (Å²) in [6.07, 6.45) is 1.83. The van der Waals surface area contributed by atoms with Gasteiger partial charge in [0.1, 0.15) is 12.0 Å². The number of piperazine rings is 1. The number of carbonyl (C=O) groups excluding carboxylic acids is 2. The molecule has 3 rings (SSSR count). The van der Waals surface area contributed by atoms with Gasteiger partial charge in [0.05, 0.1) is 12.2 Å². The van der Waals surface area contributed by atoms with Gasteiger partial charge in [-0.25, -0.2) is 0 Å². The summed E-state index contributed by atoms with van der Waals surface area (Å²) in [7, 11) is 2.14. The number of aromatic hydroxyl groups is 1. The highest BCUT2D eigenvalue weighted by atomic mass is 35.5. The van der Waals surface area contributed by atoms with Crippen LogP contribution < -0.4 is 5.32 Å². The molecular formula is C22H33ClN4O3. The third kappa shape index (κ3) is 6.45. The molecule has 0 bridgehead atoms. The number of hydrogen-bond acceptors (Lipinski definition) is 6. The smallest absolute Gasteiger partial charge is 0.241 e. The summed E-state index contributed by atoms with van der Waals surface area (Å²) in [6.45, 7) is 13.1. The second-order valence-corrected chi connectivity index (χ2v) is 8.47. The summed E-state index contributed by atoms with van der Waals surface area (Å²) in [6, 6.07) is 4.02. The zero-order valence-electron chi connectivity index (χ0n) is 18.1. The largest absolute Gasteiger partial charge is 0.506 e. The molecule has 2 saturated heterocycles. The van der Waals surface area contributed by atoms with Crippen molar-refractivity contribution in [2.45, 2.75) is 25.8 Å². The maximum atomic E-state index is 12.5. The maximum absolute atomic E-state index is 12.5. The predicted molar refractivity (Wildman–Crippen MR) is 121 cm³/mol. The highest BCUT2D eigenvalue weighted by Crippen LogP contribution is 2.34. The molecule has 0 spiro atoms. The van der Waals surface area contributed by atoms with E-state index in [1.165, 1.54) is 12.1 Å². The zero-order valence-corrected chi connectivity index (χ0v) is 18.9. The fourth-order valence-corrected chi connectivity index (χ4v) is 4.06. The van der Waals surface area contributed by atoms with E-state index in [0.717, 1.165) is 44.8 Å². The van der Waals surface area contributed by atoms with Crippen molar-refractivity contribution in [2.75, 3.05) is 58.2 Å². The molecule has 1 aromatic rings. The molecule has 2 heterocycles. The number of anilines is 1. The number of rotatable bonds is 6. The van der Waals surface area contributed by atoms with Crippen molar-refractivity contribution in [1.82, 2.24) is 14.7 Å². The topological polar surface area (TPSA) is 76.1 Å². The fraction of sp³-hybridized carbons (Fsp3) is 0.545. The van der Waals surface area contributed by atoms with Gasteiger partial charge in [0, 0.05) is 56.4 Å². The average molecular weight is 437 g/mol. The lowest BCUT2D eigenvalue weighted by molar-refractivity contribution is -0.131. The number of phenolic OH excluding ortho intramolecular Hbond substituents is 1. The Hall–Kier alpha value is -2.09. The minimum Gasteiger partial charge on any atom is -0.506 e. The number of amides is 1. The summed E-state index contributed by atoms with van der Waals surface area (Å²) in [5, 5.41) is 13.7. The van der Waals surface area contributed by atoms with Crippen LogP contribution >= 0.6 is 11.6 Å². The van der Waals surface area contributed by atoms with Crippen LogP contribution in [0, 0.1) is 0 Å². The number of aldehydes is 1. The Labute approximate surface area is 184 Å². The average Bonchev–Trinajstić information content (AvgIpc) is 2.70. The van der Waals surface area contributed by atoms with Gasteiger partial charge in [0.2, 0.25) is 5.91 Å². The monoisotopic (exact) mass is 436 g/mol. The highest BCUT2D eigenvalue weighted by molar-refractivity contribution is 6.31. The number of halogens is 1. The third-order valence-electron chi connectivity index (χ3n) is 5.49. The maximum Gasteiger partial charge on any atom is 0.241 e. The quantitative estimate of drug-likeness (QED) is 0.405. The van der Waals surface area contributed by atoms with Crippen LogP contribution in [-0.2, 0) is 9.59 Å². The fourth-order valence-electron chi connectivity index (χ4n) is 3.68. The number of hydrogen-bond donors (Lipinski definition) is 2. The summed E-state index contributed by atoms with van der Waals surface area (Å²) < 4.78 is 0. The Morgan fingerprint density at radius 2 is 1.90 bits per heavy atom. The Morgan fingerprint density at radius 1 is 1.30 bits per heavy atom. The van der Waals surface area contributed by atoms with Crippen LogP contribution in [0.4, 0.5) is 5.69 Å². The molecule has 2 fully saturated rings. The van der Waals surface area contributed by atoms with Crippen LogP contribution in [0.5, 0.6) is 5.75 Å². The van der Waals surface area contributed by atoms with Crippen LogP contribution in [0.1, 0.15) is 25.3 Å². The van der Waals surface area contributed by atoms with Crippen LogP contribution in [0.25, 0.3) is 0 Å². The van der Waals surface area contributed by atoms with Gasteiger partial charge in [-0.3, -0.25) is 14.5 Å². The van der Waals surface area contributed by atoms with Gasteiger partial charge in [-0.05, 0) is 30.7 Å². The van der Waals surface area contributed by atoms with Crippen molar-refractivity contribution in [3.63, 3.8) is 0 Å². The van der Waals surface area contributed by atoms with Crippen molar-refractivity contribution in [3.05, 3.63) is 35.4 Å². The van der Waals surface area contributed by atoms with Gasteiger partial charge in [-0.1, -0.05) is 32.0 Å². The summed E-state index contributed by atoms with van der Waals surface area (Å²) in [5.74, 6) is 0.389. The molecule has 1 amide bonds. The van der Waals surface area contributed by atoms with Gasteiger partial charge in [0.25, 0.3) is 0 Å². The van der Waals surface area contributed by atoms with Gasteiger partial charge < -0.3 is 20.2 Å². The molecule has 1 aromatic carbocycles. The molecular weight excluding hydrogens is 404 g/mol. The van der Waals surface area contributed by atoms with Crippen molar-refractivity contribution >= 4 is 29.5 Å². The van der Waals surface area contributed by atoms with E-state index in [9.17, 15) is 9.90 Å². The van der Waals surface area contributed by atoms with Crippen LogP contribution in [0.2, 0.25) is 5.02 Å². The molecule has 0 atom stereocenters. The normalized spacial score (nSPS) is 17.7. The summed E-state index contributed by atoms with van der Waals surface area (Å²) >= 11 is 6.18. The van der Waals surface area contributed by atoms with Gasteiger partial charge in [-0.2, -0.15) is 0 Å². The second kappa shape index (κ2) is 11.3. The molecule has 2 N–H and O–H groups in total. The molecule has 0 unspecified atom stereocenters. The summed E-state index contributed by atoms with van der Waals surface area (Å²) in [4.78, 5) is 28.3. The van der Waals surface area contributed by atoms with E-state index in [1.807, 2.05) is 24.8 Å². The van der Waals surface area contributed by atoms with E-state index in [2.05, 4.69) is 28.7 Å². The predicted octanol–water partition coefficient (Wildman–Crippen LogP) is 2.41. The summed E-state index contributed by atoms with van der Waals surface area (Å²) in [5.41, 5.74) is 1.51. The zero-order chi connectivity index (χ0) is 22.3. The van der Waals surface area contributed by atoms with E-state index in [-0.39, 0.29) is 24.1 Å². The lowest BCUT2D eigenvalue weighted by atomic mass is 10.0. The molecule has 7 nitrogen and oxygen atoms in total. The van der Waals surface area contributed by atoms with E-state index >= 15 is 0 Å². The lowest BCUT2D eigenvalue weighted by Crippen LogP contribution is -2.62. The van der Waals surface area contributed by atoms with Crippen LogP contribution in [0.3, 0.4) is 0 Å². The van der Waals surface area contributed by atoms with E-state index in [1.54, 1.807) is 0 Å². The molecule has 2 aliphatic rings. The molecule has 0 saturated carbocycles. The number of carbonyl (C=O) groups is 2. The second-order valence-electron chi connectivity index (χ2n) is 8.06. The first-order valence-corrected chi connectivity index (χ1v) is 10.7. The standard InChI is InChI=1S/C19H29ClN4O2.C3H4O/c1-13(2)15-8-17(18(25)9-16(15)20)21-10-19(26)24-6-4-23(5-7-24)14-11-22(3)12-14;1-2-3-4/h8-9,13-14,21,25H,4-7,10-12H2,1-3H3;2-3H,1H2. The first kappa shape index (κ1) is 24.2. The Bertz CT molecular complexity index is 736. The van der Waals surface area contributed by atoms with Gasteiger partial charge in [0.15, 0.2) is 0 Å². The van der Waals surface area contributed by atoms with Crippen molar-refractivity contribution in [1.29, 1.82) is 0 Å². The first-order valence-electron chi connectivity index (χ1n) is 10.3. The van der Waals surface area contributed by atoms with Gasteiger partial charge in [-0.15, -0.1) is 0 Å². The molecule has 30 heavy (non-hydrogen) atoms. The Morgan fingerprint density at radius 3 is 2.40 bits per heavy atom. The number of likely N-dealkylation sites (tertiary alicyclic amines) is 1.